The van der Waals surface area contributed by atoms with Gasteiger partial charge >= 0.3 is 0 Å². The molecule has 0 aliphatic carbocycles. The van der Waals surface area contributed by atoms with E-state index in [0.29, 0.717) is 22.0 Å². The van der Waals surface area contributed by atoms with Crippen molar-refractivity contribution < 1.29 is 9.59 Å². The summed E-state index contributed by atoms with van der Waals surface area (Å²) in [6.45, 7) is 3.75. The third-order valence-electron chi connectivity index (χ3n) is 5.42. The highest BCUT2D eigenvalue weighted by atomic mass is 32.1. The van der Waals surface area contributed by atoms with Crippen LogP contribution in [-0.2, 0) is 0 Å². The maximum Gasteiger partial charge on any atom is 0.257 e. The number of hydrogen-bond donors (Lipinski definition) is 1. The number of anilines is 1. The zero-order valence-electron chi connectivity index (χ0n) is 16.4. The van der Waals surface area contributed by atoms with E-state index in [1.54, 1.807) is 12.1 Å². The number of carbonyl (C=O) groups excluding carboxylic acids is 2. The van der Waals surface area contributed by atoms with Crippen LogP contribution in [0.2, 0.25) is 0 Å². The molecule has 3 aromatic rings. The Kier molecular flexibility index (Phi) is 5.76. The van der Waals surface area contributed by atoms with E-state index in [4.69, 9.17) is 0 Å². The lowest BCUT2D eigenvalue weighted by molar-refractivity contribution is 0.0699. The summed E-state index contributed by atoms with van der Waals surface area (Å²) in [4.78, 5) is 28.1. The molecular formula is C24H24N2O2S. The molecule has 29 heavy (non-hydrogen) atoms. The Morgan fingerprint density at radius 3 is 2.24 bits per heavy atom. The maximum absolute atomic E-state index is 13.5. The van der Waals surface area contributed by atoms with Crippen LogP contribution < -0.4 is 5.32 Å². The van der Waals surface area contributed by atoms with Gasteiger partial charge in [0.15, 0.2) is 0 Å². The molecule has 0 unspecified atom stereocenters. The molecule has 1 saturated heterocycles. The number of thiophene rings is 1. The van der Waals surface area contributed by atoms with Crippen LogP contribution in [0, 0.1) is 5.92 Å². The van der Waals surface area contributed by atoms with Gasteiger partial charge in [0.25, 0.3) is 11.8 Å². The first-order valence-corrected chi connectivity index (χ1v) is 10.8. The highest BCUT2D eigenvalue weighted by molar-refractivity contribution is 7.15. The lowest BCUT2D eigenvalue weighted by Gasteiger charge is -2.30. The zero-order chi connectivity index (χ0) is 20.2. The topological polar surface area (TPSA) is 49.4 Å². The van der Waals surface area contributed by atoms with Gasteiger partial charge in [-0.1, -0.05) is 55.5 Å². The molecule has 1 fully saturated rings. The number of piperidine rings is 1. The van der Waals surface area contributed by atoms with E-state index in [9.17, 15) is 9.59 Å². The lowest BCUT2D eigenvalue weighted by atomic mass is 9.97. The van der Waals surface area contributed by atoms with Crippen LogP contribution in [0.5, 0.6) is 0 Å². The molecule has 1 aliphatic rings. The van der Waals surface area contributed by atoms with Gasteiger partial charge in [-0.05, 0) is 36.5 Å². The van der Waals surface area contributed by atoms with Gasteiger partial charge in [-0.15, -0.1) is 11.3 Å². The summed E-state index contributed by atoms with van der Waals surface area (Å²) < 4.78 is 0. The van der Waals surface area contributed by atoms with Crippen molar-refractivity contribution in [2.75, 3.05) is 18.4 Å². The summed E-state index contributed by atoms with van der Waals surface area (Å²) in [5, 5.41) is 5.56. The van der Waals surface area contributed by atoms with Gasteiger partial charge in [0.2, 0.25) is 0 Å². The summed E-state index contributed by atoms with van der Waals surface area (Å²) in [5.41, 5.74) is 3.03. The number of likely N-dealkylation sites (tertiary alicyclic amines) is 1. The molecule has 1 aliphatic heterocycles. The fourth-order valence-corrected chi connectivity index (χ4v) is 4.58. The molecule has 0 saturated carbocycles. The third-order valence-corrected chi connectivity index (χ3v) is 6.32. The molecule has 0 radical (unpaired) electrons. The quantitative estimate of drug-likeness (QED) is 0.621. The van der Waals surface area contributed by atoms with Gasteiger partial charge in [-0.2, -0.15) is 0 Å². The molecule has 0 bridgehead atoms. The number of hydrogen-bond acceptors (Lipinski definition) is 3. The van der Waals surface area contributed by atoms with Gasteiger partial charge in [0, 0.05) is 29.6 Å². The monoisotopic (exact) mass is 404 g/mol. The highest BCUT2D eigenvalue weighted by Crippen LogP contribution is 2.37. The Labute approximate surface area is 175 Å². The molecule has 148 valence electrons. The highest BCUT2D eigenvalue weighted by Gasteiger charge is 2.28. The fraction of sp³-hybridized carbons (Fsp3) is 0.250. The second kappa shape index (κ2) is 8.62. The van der Waals surface area contributed by atoms with Crippen molar-refractivity contribution in [3.63, 3.8) is 0 Å². The number of nitrogens with one attached hydrogen (secondary N) is 1. The van der Waals surface area contributed by atoms with E-state index < -0.39 is 0 Å². The standard InChI is InChI=1S/C24H24N2O2S/c1-17-12-14-26(15-13-17)24(28)21-20(18-8-4-2-5-9-18)16-29-23(21)25-22(27)19-10-6-3-7-11-19/h2-11,16-17H,12-15H2,1H3,(H,25,27). The molecule has 2 aromatic carbocycles. The van der Waals surface area contributed by atoms with Crippen LogP contribution in [0.3, 0.4) is 0 Å². The molecule has 1 aromatic heterocycles. The Morgan fingerprint density at radius 2 is 1.59 bits per heavy atom. The van der Waals surface area contributed by atoms with Crippen molar-refractivity contribution in [1.82, 2.24) is 4.90 Å². The zero-order valence-corrected chi connectivity index (χ0v) is 17.2. The van der Waals surface area contributed by atoms with E-state index in [1.807, 2.05) is 58.8 Å². The van der Waals surface area contributed by atoms with E-state index in [0.717, 1.165) is 37.1 Å². The van der Waals surface area contributed by atoms with Crippen molar-refractivity contribution in [1.29, 1.82) is 0 Å². The summed E-state index contributed by atoms with van der Waals surface area (Å²) in [6.07, 6.45) is 2.03. The molecular weight excluding hydrogens is 380 g/mol. The van der Waals surface area contributed by atoms with Crippen LogP contribution in [0.4, 0.5) is 5.00 Å². The SMILES string of the molecule is CC1CCN(C(=O)c2c(-c3ccccc3)csc2NC(=O)c2ccccc2)CC1. The first-order chi connectivity index (χ1) is 14.1. The van der Waals surface area contributed by atoms with Crippen molar-refractivity contribution in [2.45, 2.75) is 19.8 Å². The predicted octanol–water partition coefficient (Wildman–Crippen LogP) is 5.54. The third kappa shape index (κ3) is 4.25. The summed E-state index contributed by atoms with van der Waals surface area (Å²) in [7, 11) is 0. The number of nitrogens with zero attached hydrogens (tertiary/aromatic N) is 1. The predicted molar refractivity (Wildman–Crippen MR) is 118 cm³/mol. The van der Waals surface area contributed by atoms with Crippen LogP contribution in [0.1, 0.15) is 40.5 Å². The maximum atomic E-state index is 13.5. The van der Waals surface area contributed by atoms with E-state index in [1.165, 1.54) is 11.3 Å². The number of amides is 2. The molecule has 4 rings (SSSR count). The molecule has 5 heteroatoms. The van der Waals surface area contributed by atoms with Crippen molar-refractivity contribution >= 4 is 28.2 Å². The molecule has 2 amide bonds. The lowest BCUT2D eigenvalue weighted by Crippen LogP contribution is -2.38. The summed E-state index contributed by atoms with van der Waals surface area (Å²) in [5.74, 6) is 0.445. The van der Waals surface area contributed by atoms with Gasteiger partial charge < -0.3 is 10.2 Å². The minimum absolute atomic E-state index is 0.000338. The second-order valence-corrected chi connectivity index (χ2v) is 8.39. The smallest absolute Gasteiger partial charge is 0.257 e. The van der Waals surface area contributed by atoms with E-state index in [-0.39, 0.29) is 11.8 Å². The Hall–Kier alpha value is -2.92. The van der Waals surface area contributed by atoms with Crippen molar-refractivity contribution in [3.05, 3.63) is 77.2 Å². The van der Waals surface area contributed by atoms with Gasteiger partial charge in [0.1, 0.15) is 5.00 Å². The normalized spacial score (nSPS) is 14.6. The van der Waals surface area contributed by atoms with Crippen molar-refractivity contribution in [2.24, 2.45) is 5.92 Å². The van der Waals surface area contributed by atoms with Crippen LogP contribution in [0.25, 0.3) is 11.1 Å². The van der Waals surface area contributed by atoms with Crippen molar-refractivity contribution in [3.8, 4) is 11.1 Å². The minimum Gasteiger partial charge on any atom is -0.339 e. The van der Waals surface area contributed by atoms with Crippen LogP contribution >= 0.6 is 11.3 Å². The van der Waals surface area contributed by atoms with Crippen LogP contribution in [-0.4, -0.2) is 29.8 Å². The number of carbonyl (C=O) groups is 2. The minimum atomic E-state index is -0.201. The fourth-order valence-electron chi connectivity index (χ4n) is 3.63. The van der Waals surface area contributed by atoms with E-state index in [2.05, 4.69) is 12.2 Å². The molecule has 2 heterocycles. The molecule has 0 spiro atoms. The molecule has 1 N–H and O–H groups in total. The molecule has 4 nitrogen and oxygen atoms in total. The van der Waals surface area contributed by atoms with Gasteiger partial charge in [-0.25, -0.2) is 0 Å². The van der Waals surface area contributed by atoms with Crippen LogP contribution in [0.15, 0.2) is 66.0 Å². The Balaban J connectivity index is 1.69. The first kappa shape index (κ1) is 19.4. The number of rotatable bonds is 4. The Bertz CT molecular complexity index is 990. The first-order valence-electron chi connectivity index (χ1n) is 9.96. The van der Waals surface area contributed by atoms with Gasteiger partial charge in [-0.3, -0.25) is 9.59 Å². The van der Waals surface area contributed by atoms with E-state index >= 15 is 0 Å². The summed E-state index contributed by atoms with van der Waals surface area (Å²) in [6, 6.07) is 19.0. The molecule has 0 atom stereocenters. The Morgan fingerprint density at radius 1 is 0.966 bits per heavy atom. The average Bonchev–Trinajstić information content (AvgIpc) is 3.18. The average molecular weight is 405 g/mol. The number of benzene rings is 2. The summed E-state index contributed by atoms with van der Waals surface area (Å²) >= 11 is 1.41. The largest absolute Gasteiger partial charge is 0.339 e. The second-order valence-electron chi connectivity index (χ2n) is 7.51. The van der Waals surface area contributed by atoms with Gasteiger partial charge in [0.05, 0.1) is 5.56 Å².